The molecule has 3 fully saturated rings. The normalized spacial score (nSPS) is 43.1. The van der Waals surface area contributed by atoms with Crippen LogP contribution in [-0.4, -0.2) is 37.4 Å². The Balaban J connectivity index is 1.39. The SMILES string of the molecule is CC1(CNCC2CCC3CCCCC3N2)CCCO1. The Morgan fingerprint density at radius 2 is 2.05 bits per heavy atom. The number of piperidine rings is 1. The van der Waals surface area contributed by atoms with Crippen molar-refractivity contribution in [1.29, 1.82) is 0 Å². The minimum atomic E-state index is 0.0992. The van der Waals surface area contributed by atoms with E-state index in [0.717, 1.165) is 31.7 Å². The van der Waals surface area contributed by atoms with Crippen LogP contribution in [0, 0.1) is 5.92 Å². The highest BCUT2D eigenvalue weighted by atomic mass is 16.5. The zero-order chi connectivity index (χ0) is 13.1. The van der Waals surface area contributed by atoms with E-state index in [-0.39, 0.29) is 5.60 Å². The fourth-order valence-corrected chi connectivity index (χ4v) is 4.22. The molecule has 3 aliphatic rings. The van der Waals surface area contributed by atoms with Crippen LogP contribution in [0.25, 0.3) is 0 Å². The second kappa shape index (κ2) is 6.11. The van der Waals surface area contributed by atoms with Gasteiger partial charge in [0.25, 0.3) is 0 Å². The van der Waals surface area contributed by atoms with Gasteiger partial charge in [-0.2, -0.15) is 0 Å². The first-order chi connectivity index (χ1) is 9.25. The minimum Gasteiger partial charge on any atom is -0.374 e. The largest absolute Gasteiger partial charge is 0.374 e. The third kappa shape index (κ3) is 3.50. The van der Waals surface area contributed by atoms with Crippen LogP contribution in [0.5, 0.6) is 0 Å². The molecule has 1 saturated carbocycles. The summed E-state index contributed by atoms with van der Waals surface area (Å²) in [6.07, 6.45) is 11.0. The molecule has 0 bridgehead atoms. The van der Waals surface area contributed by atoms with Gasteiger partial charge in [0, 0.05) is 31.8 Å². The Labute approximate surface area is 117 Å². The summed E-state index contributed by atoms with van der Waals surface area (Å²) in [6.45, 7) is 5.32. The number of rotatable bonds is 4. The van der Waals surface area contributed by atoms with Gasteiger partial charge in [0.1, 0.15) is 0 Å². The number of hydrogen-bond acceptors (Lipinski definition) is 3. The summed E-state index contributed by atoms with van der Waals surface area (Å²) >= 11 is 0. The van der Waals surface area contributed by atoms with Crippen molar-refractivity contribution in [3.8, 4) is 0 Å². The number of fused-ring (bicyclic) bond motifs is 1. The lowest BCUT2D eigenvalue weighted by atomic mass is 9.78. The first-order valence-corrected chi connectivity index (χ1v) is 8.36. The van der Waals surface area contributed by atoms with Crippen molar-refractivity contribution in [3.63, 3.8) is 0 Å². The summed E-state index contributed by atoms with van der Waals surface area (Å²) < 4.78 is 5.83. The van der Waals surface area contributed by atoms with Gasteiger partial charge >= 0.3 is 0 Å². The quantitative estimate of drug-likeness (QED) is 0.820. The fourth-order valence-electron chi connectivity index (χ4n) is 4.22. The molecule has 110 valence electrons. The predicted molar refractivity (Wildman–Crippen MR) is 78.4 cm³/mol. The summed E-state index contributed by atoms with van der Waals surface area (Å²) in [4.78, 5) is 0. The molecule has 4 unspecified atom stereocenters. The summed E-state index contributed by atoms with van der Waals surface area (Å²) in [5, 5.41) is 7.54. The molecular weight excluding hydrogens is 236 g/mol. The molecular formula is C16H30N2O. The summed E-state index contributed by atoms with van der Waals surface area (Å²) in [5.74, 6) is 0.973. The van der Waals surface area contributed by atoms with Crippen LogP contribution in [0.4, 0.5) is 0 Å². The molecule has 2 saturated heterocycles. The second-order valence-corrected chi connectivity index (χ2v) is 7.12. The van der Waals surface area contributed by atoms with Crippen molar-refractivity contribution in [1.82, 2.24) is 10.6 Å². The fraction of sp³-hybridized carbons (Fsp3) is 1.00. The summed E-state index contributed by atoms with van der Waals surface area (Å²) in [7, 11) is 0. The average molecular weight is 266 g/mol. The molecule has 0 amide bonds. The van der Waals surface area contributed by atoms with Crippen LogP contribution >= 0.6 is 0 Å². The molecule has 3 rings (SSSR count). The molecule has 0 aromatic carbocycles. The van der Waals surface area contributed by atoms with Gasteiger partial charge in [-0.05, 0) is 51.4 Å². The zero-order valence-electron chi connectivity index (χ0n) is 12.4. The van der Waals surface area contributed by atoms with Crippen molar-refractivity contribution >= 4 is 0 Å². The third-order valence-corrected chi connectivity index (χ3v) is 5.43. The van der Waals surface area contributed by atoms with E-state index < -0.39 is 0 Å². The Morgan fingerprint density at radius 1 is 1.16 bits per heavy atom. The lowest BCUT2D eigenvalue weighted by molar-refractivity contribution is 0.0200. The smallest absolute Gasteiger partial charge is 0.0779 e. The van der Waals surface area contributed by atoms with E-state index >= 15 is 0 Å². The van der Waals surface area contributed by atoms with Crippen LogP contribution in [0.3, 0.4) is 0 Å². The van der Waals surface area contributed by atoms with Crippen LogP contribution < -0.4 is 10.6 Å². The van der Waals surface area contributed by atoms with Crippen LogP contribution in [0.1, 0.15) is 58.3 Å². The minimum absolute atomic E-state index is 0.0992. The molecule has 4 atom stereocenters. The van der Waals surface area contributed by atoms with Crippen LogP contribution in [0.15, 0.2) is 0 Å². The standard InChI is InChI=1S/C16H30N2O/c1-16(9-4-10-19-16)12-17-11-14-8-7-13-5-2-3-6-15(13)18-14/h13-15,17-18H,2-12H2,1H3. The van der Waals surface area contributed by atoms with E-state index in [0.29, 0.717) is 6.04 Å². The molecule has 2 aliphatic heterocycles. The maximum atomic E-state index is 5.83. The van der Waals surface area contributed by atoms with Crippen LogP contribution in [0.2, 0.25) is 0 Å². The van der Waals surface area contributed by atoms with Gasteiger partial charge in [0.05, 0.1) is 5.60 Å². The van der Waals surface area contributed by atoms with Crippen molar-refractivity contribution in [2.75, 3.05) is 19.7 Å². The van der Waals surface area contributed by atoms with Crippen molar-refractivity contribution in [2.45, 2.75) is 76.0 Å². The van der Waals surface area contributed by atoms with Crippen molar-refractivity contribution < 1.29 is 4.74 Å². The number of hydrogen-bond donors (Lipinski definition) is 2. The second-order valence-electron chi connectivity index (χ2n) is 7.12. The highest BCUT2D eigenvalue weighted by Crippen LogP contribution is 2.32. The van der Waals surface area contributed by atoms with E-state index in [1.807, 2.05) is 0 Å². The Hall–Kier alpha value is -0.120. The molecule has 3 heteroatoms. The predicted octanol–water partition coefficient (Wildman–Crippen LogP) is 2.46. The van der Waals surface area contributed by atoms with Gasteiger partial charge in [-0.15, -0.1) is 0 Å². The first kappa shape index (κ1) is 13.8. The molecule has 2 heterocycles. The summed E-state index contributed by atoms with van der Waals surface area (Å²) in [5.41, 5.74) is 0.0992. The lowest BCUT2D eigenvalue weighted by Crippen LogP contribution is -2.53. The Morgan fingerprint density at radius 3 is 2.89 bits per heavy atom. The van der Waals surface area contributed by atoms with Crippen molar-refractivity contribution in [2.24, 2.45) is 5.92 Å². The monoisotopic (exact) mass is 266 g/mol. The first-order valence-electron chi connectivity index (χ1n) is 8.36. The average Bonchev–Trinajstić information content (AvgIpc) is 2.86. The highest BCUT2D eigenvalue weighted by Gasteiger charge is 2.32. The van der Waals surface area contributed by atoms with Crippen LogP contribution in [-0.2, 0) is 4.74 Å². The van der Waals surface area contributed by atoms with E-state index in [1.54, 1.807) is 0 Å². The maximum Gasteiger partial charge on any atom is 0.0779 e. The molecule has 19 heavy (non-hydrogen) atoms. The molecule has 0 spiro atoms. The maximum absolute atomic E-state index is 5.83. The van der Waals surface area contributed by atoms with E-state index in [1.165, 1.54) is 51.4 Å². The molecule has 0 radical (unpaired) electrons. The van der Waals surface area contributed by atoms with E-state index in [2.05, 4.69) is 17.6 Å². The van der Waals surface area contributed by atoms with Gasteiger partial charge in [-0.25, -0.2) is 0 Å². The van der Waals surface area contributed by atoms with E-state index in [9.17, 15) is 0 Å². The third-order valence-electron chi connectivity index (χ3n) is 5.43. The van der Waals surface area contributed by atoms with Gasteiger partial charge in [0.2, 0.25) is 0 Å². The van der Waals surface area contributed by atoms with Gasteiger partial charge < -0.3 is 15.4 Å². The topological polar surface area (TPSA) is 33.3 Å². The zero-order valence-corrected chi connectivity index (χ0v) is 12.4. The number of ether oxygens (including phenoxy) is 1. The molecule has 0 aromatic heterocycles. The molecule has 0 aromatic rings. The summed E-state index contributed by atoms with van der Waals surface area (Å²) in [6, 6.07) is 1.50. The van der Waals surface area contributed by atoms with Crippen molar-refractivity contribution in [3.05, 3.63) is 0 Å². The van der Waals surface area contributed by atoms with Gasteiger partial charge in [-0.3, -0.25) is 0 Å². The lowest BCUT2D eigenvalue weighted by Gasteiger charge is -2.41. The molecule has 1 aliphatic carbocycles. The Bertz CT molecular complexity index is 288. The van der Waals surface area contributed by atoms with E-state index in [4.69, 9.17) is 4.74 Å². The molecule has 2 N–H and O–H groups in total. The highest BCUT2D eigenvalue weighted by molar-refractivity contribution is 4.91. The van der Waals surface area contributed by atoms with Gasteiger partial charge in [0.15, 0.2) is 0 Å². The molecule has 3 nitrogen and oxygen atoms in total. The van der Waals surface area contributed by atoms with Gasteiger partial charge in [-0.1, -0.05) is 12.8 Å². The Kier molecular flexibility index (Phi) is 4.45. The number of nitrogens with one attached hydrogen (secondary N) is 2.